The van der Waals surface area contributed by atoms with Gasteiger partial charge < -0.3 is 10.7 Å². The first-order valence-corrected chi connectivity index (χ1v) is 7.82. The van der Waals surface area contributed by atoms with E-state index in [-0.39, 0.29) is 5.91 Å². The number of anilines is 1. The van der Waals surface area contributed by atoms with Crippen LogP contribution in [0.15, 0.2) is 16.7 Å². The lowest BCUT2D eigenvalue weighted by atomic mass is 9.99. The predicted molar refractivity (Wildman–Crippen MR) is 85.4 cm³/mol. The third-order valence-electron chi connectivity index (χ3n) is 3.33. The molecular formula is C14H23BrN4O. The molecule has 1 rings (SSSR count). The van der Waals surface area contributed by atoms with Gasteiger partial charge in [0.25, 0.3) is 5.91 Å². The second-order valence-corrected chi connectivity index (χ2v) is 5.74. The second kappa shape index (κ2) is 8.92. The molecule has 1 unspecified atom stereocenters. The number of hydrazine groups is 1. The van der Waals surface area contributed by atoms with Crippen LogP contribution in [0.5, 0.6) is 0 Å². The summed E-state index contributed by atoms with van der Waals surface area (Å²) in [5.41, 5.74) is 2.90. The van der Waals surface area contributed by atoms with Crippen molar-refractivity contribution in [3.05, 3.63) is 22.3 Å². The third-order valence-corrected chi connectivity index (χ3v) is 3.76. The Bertz CT molecular complexity index is 439. The van der Waals surface area contributed by atoms with Gasteiger partial charge in [-0.2, -0.15) is 0 Å². The zero-order valence-electron chi connectivity index (χ0n) is 12.1. The lowest BCUT2D eigenvalue weighted by molar-refractivity contribution is 0.0946. The smallest absolute Gasteiger partial charge is 0.255 e. The number of pyridine rings is 1. The zero-order chi connectivity index (χ0) is 15.0. The molecule has 4 N–H and O–H groups in total. The van der Waals surface area contributed by atoms with E-state index in [0.717, 1.165) is 17.3 Å². The van der Waals surface area contributed by atoms with Gasteiger partial charge in [0.05, 0.1) is 5.56 Å². The van der Waals surface area contributed by atoms with E-state index in [9.17, 15) is 4.79 Å². The lowest BCUT2D eigenvalue weighted by Crippen LogP contribution is -2.30. The van der Waals surface area contributed by atoms with Crippen molar-refractivity contribution in [2.45, 2.75) is 39.5 Å². The maximum atomic E-state index is 12.2. The third kappa shape index (κ3) is 5.09. The van der Waals surface area contributed by atoms with Crippen molar-refractivity contribution in [3.8, 4) is 0 Å². The van der Waals surface area contributed by atoms with Crippen LogP contribution < -0.4 is 16.6 Å². The summed E-state index contributed by atoms with van der Waals surface area (Å²) in [7, 11) is 0. The number of nitrogens with one attached hydrogen (secondary N) is 2. The molecule has 112 valence electrons. The van der Waals surface area contributed by atoms with E-state index in [1.54, 1.807) is 12.3 Å². The average molecular weight is 343 g/mol. The Kier molecular flexibility index (Phi) is 7.54. The summed E-state index contributed by atoms with van der Waals surface area (Å²) in [6, 6.07) is 1.71. The van der Waals surface area contributed by atoms with Crippen molar-refractivity contribution in [2.24, 2.45) is 11.8 Å². The molecule has 6 heteroatoms. The Labute approximate surface area is 128 Å². The van der Waals surface area contributed by atoms with Crippen molar-refractivity contribution in [1.82, 2.24) is 10.3 Å². The SMILES string of the molecule is CCCCC(CC)CNC(=O)c1cc(Br)cnc1NN. The fourth-order valence-corrected chi connectivity index (χ4v) is 2.33. The Morgan fingerprint density at radius 2 is 2.25 bits per heavy atom. The van der Waals surface area contributed by atoms with Crippen molar-refractivity contribution in [3.63, 3.8) is 0 Å². The highest BCUT2D eigenvalue weighted by Gasteiger charge is 2.14. The average Bonchev–Trinajstić information content (AvgIpc) is 2.47. The lowest BCUT2D eigenvalue weighted by Gasteiger charge is -2.16. The van der Waals surface area contributed by atoms with E-state index in [1.807, 2.05) is 0 Å². The molecule has 0 fully saturated rings. The quantitative estimate of drug-likeness (QED) is 0.501. The highest BCUT2D eigenvalue weighted by Crippen LogP contribution is 2.18. The number of carbonyl (C=O) groups excluding carboxylic acids is 1. The van der Waals surface area contributed by atoms with Crippen molar-refractivity contribution >= 4 is 27.7 Å². The molecule has 1 atom stereocenters. The first-order valence-electron chi connectivity index (χ1n) is 7.02. The Balaban J connectivity index is 2.64. The van der Waals surface area contributed by atoms with Crippen LogP contribution in [0.1, 0.15) is 49.9 Å². The molecular weight excluding hydrogens is 320 g/mol. The van der Waals surface area contributed by atoms with E-state index < -0.39 is 0 Å². The van der Waals surface area contributed by atoms with Gasteiger partial charge in [-0.3, -0.25) is 4.79 Å². The van der Waals surface area contributed by atoms with E-state index >= 15 is 0 Å². The van der Waals surface area contributed by atoms with Gasteiger partial charge in [-0.1, -0.05) is 33.1 Å². The van der Waals surface area contributed by atoms with Gasteiger partial charge >= 0.3 is 0 Å². The predicted octanol–water partition coefficient (Wildman–Crippen LogP) is 3.08. The van der Waals surface area contributed by atoms with E-state index in [2.05, 4.69) is 45.5 Å². The van der Waals surface area contributed by atoms with Crippen LogP contribution in [-0.2, 0) is 0 Å². The molecule has 0 bridgehead atoms. The molecule has 5 nitrogen and oxygen atoms in total. The molecule has 0 saturated carbocycles. The van der Waals surface area contributed by atoms with Gasteiger partial charge in [0.2, 0.25) is 0 Å². The van der Waals surface area contributed by atoms with Crippen LogP contribution in [-0.4, -0.2) is 17.4 Å². The first kappa shape index (κ1) is 16.9. The summed E-state index contributed by atoms with van der Waals surface area (Å²) < 4.78 is 0.750. The van der Waals surface area contributed by atoms with Crippen molar-refractivity contribution < 1.29 is 4.79 Å². The summed E-state index contributed by atoms with van der Waals surface area (Å²) in [6.45, 7) is 5.02. The van der Waals surface area contributed by atoms with Gasteiger partial charge in [-0.15, -0.1) is 0 Å². The van der Waals surface area contributed by atoms with Crippen molar-refractivity contribution in [2.75, 3.05) is 12.0 Å². The van der Waals surface area contributed by atoms with E-state index in [1.165, 1.54) is 12.8 Å². The van der Waals surface area contributed by atoms with Gasteiger partial charge in [0.1, 0.15) is 0 Å². The standard InChI is InChI=1S/C14H23BrN4O/c1-3-5-6-10(4-2)8-18-14(20)12-7-11(15)9-17-13(12)19-16/h7,9-10H,3-6,8,16H2,1-2H3,(H,17,19)(H,18,20). The first-order chi connectivity index (χ1) is 9.62. The molecule has 1 aromatic rings. The maximum Gasteiger partial charge on any atom is 0.255 e. The number of hydrogen-bond acceptors (Lipinski definition) is 4. The Morgan fingerprint density at radius 3 is 2.85 bits per heavy atom. The summed E-state index contributed by atoms with van der Waals surface area (Å²) in [4.78, 5) is 16.3. The number of nitrogen functional groups attached to an aromatic ring is 1. The fraction of sp³-hybridized carbons (Fsp3) is 0.571. The van der Waals surface area contributed by atoms with Crippen LogP contribution in [0.3, 0.4) is 0 Å². The summed E-state index contributed by atoms with van der Waals surface area (Å²) in [5, 5.41) is 2.97. The molecule has 20 heavy (non-hydrogen) atoms. The summed E-state index contributed by atoms with van der Waals surface area (Å²) >= 11 is 3.31. The number of hydrogen-bond donors (Lipinski definition) is 3. The second-order valence-electron chi connectivity index (χ2n) is 4.82. The largest absolute Gasteiger partial charge is 0.352 e. The fourth-order valence-electron chi connectivity index (χ4n) is 2.00. The molecule has 1 heterocycles. The minimum Gasteiger partial charge on any atom is -0.352 e. The van der Waals surface area contributed by atoms with E-state index in [4.69, 9.17) is 5.84 Å². The van der Waals surface area contributed by atoms with Crippen LogP contribution in [0.2, 0.25) is 0 Å². The topological polar surface area (TPSA) is 80.0 Å². The molecule has 0 aromatic carbocycles. The number of halogens is 1. The minimum atomic E-state index is -0.151. The van der Waals surface area contributed by atoms with Crippen molar-refractivity contribution in [1.29, 1.82) is 0 Å². The van der Waals surface area contributed by atoms with Gasteiger partial charge in [-0.25, -0.2) is 10.8 Å². The normalized spacial score (nSPS) is 12.0. The van der Waals surface area contributed by atoms with Gasteiger partial charge in [0.15, 0.2) is 5.82 Å². The Hall–Kier alpha value is -1.14. The molecule has 0 radical (unpaired) electrons. The number of unbranched alkanes of at least 4 members (excludes halogenated alkanes) is 1. The summed E-state index contributed by atoms with van der Waals surface area (Å²) in [6.07, 6.45) is 6.19. The molecule has 0 saturated heterocycles. The number of carbonyl (C=O) groups is 1. The molecule has 0 spiro atoms. The van der Waals surface area contributed by atoms with Gasteiger partial charge in [-0.05, 0) is 34.3 Å². The van der Waals surface area contributed by atoms with Gasteiger partial charge in [0, 0.05) is 17.2 Å². The maximum absolute atomic E-state index is 12.2. The summed E-state index contributed by atoms with van der Waals surface area (Å²) in [5.74, 6) is 6.13. The highest BCUT2D eigenvalue weighted by molar-refractivity contribution is 9.10. The van der Waals surface area contributed by atoms with Crippen LogP contribution in [0, 0.1) is 5.92 Å². The van der Waals surface area contributed by atoms with Crippen LogP contribution >= 0.6 is 15.9 Å². The highest BCUT2D eigenvalue weighted by atomic mass is 79.9. The monoisotopic (exact) mass is 342 g/mol. The molecule has 0 aliphatic carbocycles. The molecule has 1 amide bonds. The minimum absolute atomic E-state index is 0.151. The molecule has 0 aliphatic rings. The number of rotatable bonds is 8. The number of nitrogens with two attached hydrogens (primary N) is 1. The number of nitrogens with zero attached hydrogens (tertiary/aromatic N) is 1. The molecule has 0 aliphatic heterocycles. The Morgan fingerprint density at radius 1 is 1.50 bits per heavy atom. The van der Waals surface area contributed by atoms with Crippen LogP contribution in [0.25, 0.3) is 0 Å². The van der Waals surface area contributed by atoms with Crippen LogP contribution in [0.4, 0.5) is 5.82 Å². The zero-order valence-corrected chi connectivity index (χ0v) is 13.7. The number of aromatic nitrogens is 1. The number of amides is 1. The van der Waals surface area contributed by atoms with E-state index in [0.29, 0.717) is 23.8 Å². The molecule has 1 aromatic heterocycles.